The Hall–Kier alpha value is -1.35. The minimum absolute atomic E-state index is 0.0206. The molecule has 1 aromatic heterocycles. The van der Waals surface area contributed by atoms with E-state index in [9.17, 15) is 18.0 Å². The largest absolute Gasteiger partial charge is 0.414 e. The quantitative estimate of drug-likeness (QED) is 0.286. The number of nitrogens with one attached hydrogen (secondary N) is 1. The Bertz CT molecular complexity index is 1140. The highest BCUT2D eigenvalue weighted by Gasteiger charge is 2.64. The van der Waals surface area contributed by atoms with Gasteiger partial charge < -0.3 is 18.6 Å². The second kappa shape index (κ2) is 9.51. The lowest BCUT2D eigenvalue weighted by Crippen LogP contribution is -2.52. The number of hydrogen-bond acceptors (Lipinski definition) is 9. The molecule has 0 spiro atoms. The highest BCUT2D eigenvalue weighted by Crippen LogP contribution is 2.49. The lowest BCUT2D eigenvalue weighted by Gasteiger charge is -2.38. The van der Waals surface area contributed by atoms with Gasteiger partial charge in [-0.2, -0.15) is 8.42 Å². The molecule has 2 fully saturated rings. The molecule has 13 heteroatoms. The van der Waals surface area contributed by atoms with Gasteiger partial charge in [-0.15, -0.1) is 0 Å². The first kappa shape index (κ1) is 28.2. The fraction of sp³-hybridized carbons (Fsp3) is 0.818. The molecule has 0 radical (unpaired) electrons. The van der Waals surface area contributed by atoms with Gasteiger partial charge in [-0.05, 0) is 38.4 Å². The van der Waals surface area contributed by atoms with Crippen LogP contribution in [0.15, 0.2) is 21.9 Å². The minimum Gasteiger partial charge on any atom is -0.414 e. The average Bonchev–Trinajstić information content (AvgIpc) is 3.14. The zero-order chi connectivity index (χ0) is 26.4. The van der Waals surface area contributed by atoms with Gasteiger partial charge in [0.2, 0.25) is 0 Å². The third kappa shape index (κ3) is 6.14. The van der Waals surface area contributed by atoms with E-state index < -0.39 is 59.5 Å². The first-order valence-electron chi connectivity index (χ1n) is 11.7. The molecular weight excluding hydrogens is 496 g/mol. The van der Waals surface area contributed by atoms with Gasteiger partial charge in [-0.25, -0.2) is 4.79 Å². The first-order valence-corrected chi connectivity index (χ1v) is 16.4. The van der Waals surface area contributed by atoms with Gasteiger partial charge in [-0.3, -0.25) is 18.5 Å². The Morgan fingerprint density at radius 1 is 1.17 bits per heavy atom. The summed E-state index contributed by atoms with van der Waals surface area (Å²) in [5, 5.41) is -0.0206. The molecule has 0 saturated carbocycles. The van der Waals surface area contributed by atoms with E-state index in [1.165, 1.54) is 16.8 Å². The van der Waals surface area contributed by atoms with Gasteiger partial charge in [-0.1, -0.05) is 20.8 Å². The van der Waals surface area contributed by atoms with Crippen molar-refractivity contribution >= 4 is 18.4 Å². The second-order valence-electron chi connectivity index (χ2n) is 11.2. The SMILES string of the molecule is CC1(C)O[C@H]2[C@@H](O1)[C@](CCCOS(C)(=O)=O)(n1ccc(=O)[nH]c1=O)O[C@@H]2CO[Si](C)(C)C(C)(C)C. The summed E-state index contributed by atoms with van der Waals surface area (Å²) in [5.74, 6) is -0.950. The van der Waals surface area contributed by atoms with Crippen molar-refractivity contribution in [1.82, 2.24) is 9.55 Å². The van der Waals surface area contributed by atoms with Crippen molar-refractivity contribution in [2.45, 2.75) is 95.4 Å². The molecule has 1 N–H and O–H groups in total. The molecule has 200 valence electrons. The number of fused-ring (bicyclic) bond motifs is 1. The van der Waals surface area contributed by atoms with Crippen LogP contribution in [0.4, 0.5) is 0 Å². The fourth-order valence-electron chi connectivity index (χ4n) is 4.21. The Kier molecular flexibility index (Phi) is 7.67. The van der Waals surface area contributed by atoms with E-state index in [4.69, 9.17) is 22.8 Å². The van der Waals surface area contributed by atoms with Crippen LogP contribution in [0.3, 0.4) is 0 Å². The summed E-state index contributed by atoms with van der Waals surface area (Å²) in [5.41, 5.74) is -2.58. The summed E-state index contributed by atoms with van der Waals surface area (Å²) in [6.07, 6.45) is 0.915. The minimum atomic E-state index is -3.63. The van der Waals surface area contributed by atoms with Crippen molar-refractivity contribution < 1.29 is 31.2 Å². The monoisotopic (exact) mass is 534 g/mol. The highest BCUT2D eigenvalue weighted by molar-refractivity contribution is 7.85. The molecule has 0 unspecified atom stereocenters. The summed E-state index contributed by atoms with van der Waals surface area (Å²) in [7, 11) is -5.76. The molecule has 11 nitrogen and oxygen atoms in total. The Morgan fingerprint density at radius 2 is 1.83 bits per heavy atom. The van der Waals surface area contributed by atoms with Crippen LogP contribution in [0.25, 0.3) is 0 Å². The maximum absolute atomic E-state index is 12.9. The molecule has 4 atom stereocenters. The van der Waals surface area contributed by atoms with Crippen LogP contribution in [0.1, 0.15) is 47.5 Å². The standard InChI is InChI=1S/C22H38N2O9SSi/c1-20(2,3)35(7,8)30-14-15-17-18(33-21(4,5)32-17)22(31-15,11-9-13-29-34(6,27)28)24-12-10-16(25)23-19(24)26/h10,12,15,17-18H,9,11,13-14H2,1-8H3,(H,23,25,26)/t15-,17-,18-,22-/m1/s1. The van der Waals surface area contributed by atoms with Crippen LogP contribution in [-0.2, 0) is 38.7 Å². The van der Waals surface area contributed by atoms with Crippen molar-refractivity contribution in [1.29, 1.82) is 0 Å². The van der Waals surface area contributed by atoms with Crippen LogP contribution in [0, 0.1) is 0 Å². The molecule has 0 amide bonds. The maximum atomic E-state index is 12.9. The summed E-state index contributed by atoms with van der Waals surface area (Å²) in [6.45, 7) is 14.4. The zero-order valence-corrected chi connectivity index (χ0v) is 23.6. The van der Waals surface area contributed by atoms with Crippen LogP contribution >= 0.6 is 0 Å². The Morgan fingerprint density at radius 3 is 2.40 bits per heavy atom. The summed E-state index contributed by atoms with van der Waals surface area (Å²) < 4.78 is 54.5. The molecule has 2 aliphatic rings. The Balaban J connectivity index is 1.99. The zero-order valence-electron chi connectivity index (χ0n) is 21.7. The van der Waals surface area contributed by atoms with Crippen molar-refractivity contribution in [3.63, 3.8) is 0 Å². The predicted molar refractivity (Wildman–Crippen MR) is 131 cm³/mol. The van der Waals surface area contributed by atoms with Crippen LogP contribution in [-0.4, -0.2) is 69.9 Å². The molecule has 2 saturated heterocycles. The number of aromatic nitrogens is 2. The van der Waals surface area contributed by atoms with E-state index in [1.54, 1.807) is 13.8 Å². The molecule has 35 heavy (non-hydrogen) atoms. The van der Waals surface area contributed by atoms with Crippen LogP contribution in [0.5, 0.6) is 0 Å². The van der Waals surface area contributed by atoms with Gasteiger partial charge >= 0.3 is 5.69 Å². The molecule has 0 aliphatic carbocycles. The molecule has 0 bridgehead atoms. The average molecular weight is 535 g/mol. The number of H-pyrrole nitrogens is 1. The summed E-state index contributed by atoms with van der Waals surface area (Å²) >= 11 is 0. The summed E-state index contributed by atoms with van der Waals surface area (Å²) in [4.78, 5) is 26.9. The summed E-state index contributed by atoms with van der Waals surface area (Å²) in [6, 6.07) is 1.23. The van der Waals surface area contributed by atoms with Gasteiger partial charge in [0.05, 0.1) is 19.5 Å². The van der Waals surface area contributed by atoms with Crippen molar-refractivity contribution in [2.24, 2.45) is 0 Å². The molecule has 1 aromatic rings. The number of ether oxygens (including phenoxy) is 3. The van der Waals surface area contributed by atoms with E-state index in [1.807, 2.05) is 0 Å². The lowest BCUT2D eigenvalue weighted by atomic mass is 9.97. The van der Waals surface area contributed by atoms with Crippen LogP contribution < -0.4 is 11.2 Å². The van der Waals surface area contributed by atoms with E-state index >= 15 is 0 Å². The molecule has 2 aliphatic heterocycles. The van der Waals surface area contributed by atoms with E-state index in [0.29, 0.717) is 0 Å². The van der Waals surface area contributed by atoms with Gasteiger partial charge in [0, 0.05) is 18.7 Å². The lowest BCUT2D eigenvalue weighted by molar-refractivity contribution is -0.237. The number of aromatic amines is 1. The van der Waals surface area contributed by atoms with Crippen molar-refractivity contribution in [3.05, 3.63) is 33.1 Å². The van der Waals surface area contributed by atoms with Gasteiger partial charge in [0.25, 0.3) is 15.7 Å². The predicted octanol–water partition coefficient (Wildman–Crippen LogP) is 1.89. The van der Waals surface area contributed by atoms with Crippen molar-refractivity contribution in [3.8, 4) is 0 Å². The number of hydrogen-bond donors (Lipinski definition) is 1. The van der Waals surface area contributed by atoms with Crippen molar-refractivity contribution in [2.75, 3.05) is 19.5 Å². The van der Waals surface area contributed by atoms with Crippen LogP contribution in [0.2, 0.25) is 18.1 Å². The van der Waals surface area contributed by atoms with E-state index in [0.717, 1.165) is 6.26 Å². The molecule has 3 heterocycles. The topological polar surface area (TPSA) is 135 Å². The first-order chi connectivity index (χ1) is 15.9. The molecule has 0 aromatic carbocycles. The van der Waals surface area contributed by atoms with Gasteiger partial charge in [0.15, 0.2) is 19.8 Å². The Labute approximate surface area is 207 Å². The third-order valence-electron chi connectivity index (χ3n) is 6.92. The van der Waals surface area contributed by atoms with E-state index in [2.05, 4.69) is 38.8 Å². The third-order valence-corrected chi connectivity index (χ3v) is 12.0. The normalized spacial score (nSPS) is 28.9. The molecule has 3 rings (SSSR count). The molecular formula is C22H38N2O9SSi. The van der Waals surface area contributed by atoms with E-state index in [-0.39, 0.29) is 31.1 Å². The second-order valence-corrected chi connectivity index (χ2v) is 17.7. The van der Waals surface area contributed by atoms with Gasteiger partial charge in [0.1, 0.15) is 18.3 Å². The highest BCUT2D eigenvalue weighted by atomic mass is 32.2. The fourth-order valence-corrected chi connectivity index (χ4v) is 5.64. The number of nitrogens with zero attached hydrogens (tertiary/aromatic N) is 1. The maximum Gasteiger partial charge on any atom is 0.330 e. The number of rotatable bonds is 9. The smallest absolute Gasteiger partial charge is 0.330 e.